The Morgan fingerprint density at radius 3 is 1.14 bits per heavy atom. The van der Waals surface area contributed by atoms with Gasteiger partial charge in [-0.1, -0.05) is 48.5 Å². The fraction of sp³-hybridized carbons (Fsp3) is 0.375. The van der Waals surface area contributed by atoms with Gasteiger partial charge < -0.3 is 15.3 Å². The van der Waals surface area contributed by atoms with Gasteiger partial charge in [0.05, 0.1) is 19.8 Å². The zero-order chi connectivity index (χ0) is 14.6. The zero-order valence-corrected chi connectivity index (χ0v) is 11.7. The molecule has 0 aliphatic heterocycles. The summed E-state index contributed by atoms with van der Waals surface area (Å²) in [6.45, 7) is 1.75. The van der Waals surface area contributed by atoms with E-state index in [0.29, 0.717) is 19.6 Å². The molecule has 2 aromatic rings. The third kappa shape index (κ3) is 9.03. The first-order chi connectivity index (χ1) is 9.81. The number of rotatable bonds is 6. The summed E-state index contributed by atoms with van der Waals surface area (Å²) < 4.78 is 0. The Hall–Kier alpha value is 0.176. The molecule has 0 unspecified atom stereocenters. The summed E-state index contributed by atoms with van der Waals surface area (Å²) in [5.41, 5.74) is 0. The molecule has 112 valence electrons. The molecule has 5 heteroatoms. The van der Waals surface area contributed by atoms with Gasteiger partial charge in [-0.15, -0.1) is 0 Å². The van der Waals surface area contributed by atoms with E-state index in [1.54, 1.807) is 4.90 Å². The van der Waals surface area contributed by atoms with Crippen molar-refractivity contribution in [1.82, 2.24) is 4.90 Å². The van der Waals surface area contributed by atoms with E-state index in [2.05, 4.69) is 48.5 Å². The van der Waals surface area contributed by atoms with Crippen LogP contribution in [0.1, 0.15) is 0 Å². The summed E-state index contributed by atoms with van der Waals surface area (Å²) in [7, 11) is 0. The van der Waals surface area contributed by atoms with Crippen molar-refractivity contribution in [3.8, 4) is 0 Å². The smallest absolute Gasteiger partial charge is 0.0184 e. The first-order valence-corrected chi connectivity index (χ1v) is 6.80. The molecule has 0 amide bonds. The second kappa shape index (κ2) is 13.8. The molecule has 0 atom stereocenters. The molecular formula is C16H24KNO3. The molecule has 0 fully saturated rings. The van der Waals surface area contributed by atoms with Crippen LogP contribution < -0.4 is 0 Å². The van der Waals surface area contributed by atoms with Crippen molar-refractivity contribution in [2.24, 2.45) is 0 Å². The topological polar surface area (TPSA) is 63.9 Å². The largest absolute Gasteiger partial charge is 0.0616 e. The quantitative estimate of drug-likeness (QED) is 0.677. The molecule has 0 radical (unpaired) electrons. The molecule has 0 heterocycles. The Morgan fingerprint density at radius 1 is 0.619 bits per heavy atom. The van der Waals surface area contributed by atoms with Crippen LogP contribution in [0.4, 0.5) is 0 Å². The summed E-state index contributed by atoms with van der Waals surface area (Å²) in [6, 6.07) is 16.7. The van der Waals surface area contributed by atoms with Gasteiger partial charge in [-0.2, -0.15) is 0 Å². The molecule has 0 bridgehead atoms. The molecule has 0 aromatic heterocycles. The van der Waals surface area contributed by atoms with Gasteiger partial charge in [-0.25, -0.2) is 0 Å². The van der Waals surface area contributed by atoms with E-state index in [0.717, 1.165) is 0 Å². The van der Waals surface area contributed by atoms with Crippen molar-refractivity contribution in [3.63, 3.8) is 0 Å². The van der Waals surface area contributed by atoms with Gasteiger partial charge >= 0.3 is 51.4 Å². The van der Waals surface area contributed by atoms with Crippen molar-refractivity contribution in [1.29, 1.82) is 0 Å². The first-order valence-electron chi connectivity index (χ1n) is 6.80. The van der Waals surface area contributed by atoms with Crippen LogP contribution in [-0.2, 0) is 0 Å². The Labute approximate surface area is 168 Å². The van der Waals surface area contributed by atoms with Crippen LogP contribution in [0.3, 0.4) is 0 Å². The van der Waals surface area contributed by atoms with Crippen LogP contribution in [-0.4, -0.2) is 111 Å². The first kappa shape index (κ1) is 21.2. The summed E-state index contributed by atoms with van der Waals surface area (Å²) in [5.74, 6) is 0. The third-order valence-corrected chi connectivity index (χ3v) is 2.91. The van der Waals surface area contributed by atoms with Gasteiger partial charge in [0.15, 0.2) is 0 Å². The molecule has 2 aromatic carbocycles. The van der Waals surface area contributed by atoms with E-state index in [1.807, 2.05) is 0 Å². The van der Waals surface area contributed by atoms with Crippen LogP contribution in [0.2, 0.25) is 0 Å². The molecule has 0 saturated heterocycles. The van der Waals surface area contributed by atoms with E-state index in [-0.39, 0.29) is 71.2 Å². The van der Waals surface area contributed by atoms with E-state index in [4.69, 9.17) is 15.3 Å². The summed E-state index contributed by atoms with van der Waals surface area (Å²) in [5, 5.41) is 28.1. The number of benzene rings is 2. The van der Waals surface area contributed by atoms with Crippen molar-refractivity contribution < 1.29 is 15.3 Å². The number of hydrogen-bond acceptors (Lipinski definition) is 4. The maximum atomic E-state index is 8.48. The molecule has 3 N–H and O–H groups in total. The summed E-state index contributed by atoms with van der Waals surface area (Å²) >= 11 is 0. The second-order valence-electron chi connectivity index (χ2n) is 4.36. The van der Waals surface area contributed by atoms with E-state index in [9.17, 15) is 0 Å². The van der Waals surface area contributed by atoms with Crippen molar-refractivity contribution in [2.45, 2.75) is 0 Å². The fourth-order valence-corrected chi connectivity index (χ4v) is 1.89. The van der Waals surface area contributed by atoms with E-state index >= 15 is 0 Å². The van der Waals surface area contributed by atoms with Crippen molar-refractivity contribution >= 4 is 62.2 Å². The fourth-order valence-electron chi connectivity index (χ4n) is 1.89. The number of nitrogens with zero attached hydrogens (tertiary/aromatic N) is 1. The molecule has 0 saturated carbocycles. The Balaban J connectivity index is 0.000000364. The van der Waals surface area contributed by atoms with Gasteiger partial charge in [0.25, 0.3) is 0 Å². The predicted molar refractivity (Wildman–Crippen MR) is 88.8 cm³/mol. The molecule has 0 spiro atoms. The summed E-state index contributed by atoms with van der Waals surface area (Å²) in [6.07, 6.45) is 0. The van der Waals surface area contributed by atoms with Gasteiger partial charge in [0, 0.05) is 19.6 Å². The average Bonchev–Trinajstić information content (AvgIpc) is 2.49. The predicted octanol–water partition coefficient (Wildman–Crippen LogP) is 0.457. The zero-order valence-electron chi connectivity index (χ0n) is 11.7. The molecule has 2 rings (SSSR count). The van der Waals surface area contributed by atoms with Gasteiger partial charge in [-0.3, -0.25) is 4.90 Å². The monoisotopic (exact) mass is 317 g/mol. The molecular weight excluding hydrogens is 293 g/mol. The minimum absolute atomic E-state index is 0. The standard InChI is InChI=1S/C10H8.C6H15NO3.K.H/c1-2-6-10-8-4-3-7-9(10)5-1;8-4-1-7(2-5-9)3-6-10;;/h1-8H;8-10H,1-6H2;;. The van der Waals surface area contributed by atoms with Crippen molar-refractivity contribution in [2.75, 3.05) is 39.5 Å². The Bertz CT molecular complexity index is 402. The SMILES string of the molecule is OCCN(CCO)CCO.[KH].c1ccc2ccccc2c1. The average molecular weight is 317 g/mol. The summed E-state index contributed by atoms with van der Waals surface area (Å²) in [4.78, 5) is 1.79. The van der Waals surface area contributed by atoms with Crippen LogP contribution in [0.5, 0.6) is 0 Å². The Morgan fingerprint density at radius 2 is 0.905 bits per heavy atom. The second-order valence-corrected chi connectivity index (χ2v) is 4.36. The molecule has 21 heavy (non-hydrogen) atoms. The van der Waals surface area contributed by atoms with E-state index in [1.165, 1.54) is 10.8 Å². The van der Waals surface area contributed by atoms with Gasteiger partial charge in [0.2, 0.25) is 0 Å². The maximum Gasteiger partial charge on any atom is -0.0184 e. The van der Waals surface area contributed by atoms with Crippen LogP contribution >= 0.6 is 0 Å². The number of aliphatic hydroxyl groups is 3. The number of aliphatic hydroxyl groups excluding tert-OH is 3. The normalized spacial score (nSPS) is 9.90. The Kier molecular flexibility index (Phi) is 13.9. The molecule has 0 aliphatic rings. The van der Waals surface area contributed by atoms with Crippen molar-refractivity contribution in [3.05, 3.63) is 48.5 Å². The van der Waals surface area contributed by atoms with Crippen LogP contribution in [0.25, 0.3) is 10.8 Å². The van der Waals surface area contributed by atoms with Crippen LogP contribution in [0, 0.1) is 0 Å². The third-order valence-electron chi connectivity index (χ3n) is 2.91. The van der Waals surface area contributed by atoms with Crippen LogP contribution in [0.15, 0.2) is 48.5 Å². The minimum atomic E-state index is 0. The maximum absolute atomic E-state index is 8.48. The van der Waals surface area contributed by atoms with E-state index < -0.39 is 0 Å². The van der Waals surface area contributed by atoms with Gasteiger partial charge in [-0.05, 0) is 10.8 Å². The van der Waals surface area contributed by atoms with Gasteiger partial charge in [0.1, 0.15) is 0 Å². The number of fused-ring (bicyclic) bond motifs is 1. The molecule has 4 nitrogen and oxygen atoms in total. The number of hydrogen-bond donors (Lipinski definition) is 3. The minimum Gasteiger partial charge on any atom is -0.0616 e. The molecule has 0 aliphatic carbocycles.